The van der Waals surface area contributed by atoms with Crippen molar-refractivity contribution in [2.45, 2.75) is 18.9 Å². The molecule has 2 aromatic carbocycles. The van der Waals surface area contributed by atoms with Crippen molar-refractivity contribution in [3.05, 3.63) is 71.9 Å². The van der Waals surface area contributed by atoms with E-state index < -0.39 is 11.6 Å². The van der Waals surface area contributed by atoms with Crippen LogP contribution in [-0.2, 0) is 0 Å². The fourth-order valence-electron chi connectivity index (χ4n) is 4.55. The molecule has 0 bridgehead atoms. The molecule has 3 heterocycles. The fraction of sp³-hybridized carbons (Fsp3) is 0.286. The molecule has 27 heavy (non-hydrogen) atoms. The molecular formula is C21H18F3N3. The lowest BCUT2D eigenvalue weighted by molar-refractivity contribution is 0.312. The third-order valence-electron chi connectivity index (χ3n) is 5.84. The Hall–Kier alpha value is -2.76. The van der Waals surface area contributed by atoms with Crippen LogP contribution in [0.5, 0.6) is 0 Å². The lowest BCUT2D eigenvalue weighted by Crippen LogP contribution is -2.36. The summed E-state index contributed by atoms with van der Waals surface area (Å²) in [6.07, 6.45) is 5.25. The number of rotatable bonds is 2. The van der Waals surface area contributed by atoms with Gasteiger partial charge in [0.25, 0.3) is 0 Å². The molecule has 1 aromatic heterocycles. The van der Waals surface area contributed by atoms with E-state index in [4.69, 9.17) is 0 Å². The van der Waals surface area contributed by atoms with Gasteiger partial charge in [0.1, 0.15) is 5.82 Å². The molecule has 0 saturated carbocycles. The molecule has 1 unspecified atom stereocenters. The van der Waals surface area contributed by atoms with E-state index >= 15 is 0 Å². The molecule has 5 rings (SSSR count). The first-order valence-electron chi connectivity index (χ1n) is 9.14. The second-order valence-electron chi connectivity index (χ2n) is 7.25. The van der Waals surface area contributed by atoms with Crippen LogP contribution in [0, 0.1) is 23.4 Å². The molecule has 2 aliphatic rings. The molecule has 3 aromatic rings. The summed E-state index contributed by atoms with van der Waals surface area (Å²) in [5.41, 5.74) is 3.31. The molecule has 0 amide bonds. The van der Waals surface area contributed by atoms with Gasteiger partial charge in [-0.05, 0) is 37.0 Å². The van der Waals surface area contributed by atoms with Gasteiger partial charge in [-0.3, -0.25) is 0 Å². The van der Waals surface area contributed by atoms with Gasteiger partial charge in [-0.2, -0.15) is 0 Å². The Kier molecular flexibility index (Phi) is 3.74. The molecule has 0 N–H and O–H groups in total. The quantitative estimate of drug-likeness (QED) is 0.648. The molecule has 6 heteroatoms. The molecular weight excluding hydrogens is 351 g/mol. The Bertz CT molecular complexity index is 1010. The van der Waals surface area contributed by atoms with Crippen LogP contribution in [0.15, 0.2) is 48.9 Å². The number of aromatic nitrogens is 2. The van der Waals surface area contributed by atoms with Crippen molar-refractivity contribution in [1.29, 1.82) is 0 Å². The normalized spacial score (nSPS) is 19.2. The van der Waals surface area contributed by atoms with E-state index in [9.17, 15) is 13.2 Å². The Balaban J connectivity index is 1.41. The van der Waals surface area contributed by atoms with Gasteiger partial charge < -0.3 is 9.47 Å². The van der Waals surface area contributed by atoms with Crippen LogP contribution in [0.1, 0.15) is 24.4 Å². The van der Waals surface area contributed by atoms with Crippen molar-refractivity contribution in [3.8, 4) is 11.3 Å². The topological polar surface area (TPSA) is 21.1 Å². The largest absolute Gasteiger partial charge is 0.371 e. The van der Waals surface area contributed by atoms with Crippen molar-refractivity contribution < 1.29 is 13.2 Å². The highest BCUT2D eigenvalue weighted by molar-refractivity contribution is 5.69. The summed E-state index contributed by atoms with van der Waals surface area (Å²) in [6, 6.07) is 9.15. The van der Waals surface area contributed by atoms with Crippen LogP contribution >= 0.6 is 0 Å². The zero-order chi connectivity index (χ0) is 18.5. The first-order valence-corrected chi connectivity index (χ1v) is 9.14. The summed E-state index contributed by atoms with van der Waals surface area (Å²) in [5, 5.41) is 0. The van der Waals surface area contributed by atoms with Gasteiger partial charge in [-0.25, -0.2) is 18.2 Å². The molecule has 0 aliphatic carbocycles. The van der Waals surface area contributed by atoms with Crippen LogP contribution in [0.2, 0.25) is 0 Å². The second-order valence-corrected chi connectivity index (χ2v) is 7.25. The number of nitrogens with zero attached hydrogens (tertiary/aromatic N) is 3. The standard InChI is InChI=1S/C21H18F3N3/c22-16-5-4-14(10-18(16)24)26-8-6-13(7-9-26)21-20-15(2-1-3-17(20)23)19-11-25-12-27(19)21/h1-5,10-13,21H,6-9H2. The van der Waals surface area contributed by atoms with Gasteiger partial charge in [0, 0.05) is 36.0 Å². The number of hydrogen-bond acceptors (Lipinski definition) is 2. The molecule has 1 saturated heterocycles. The predicted molar refractivity (Wildman–Crippen MR) is 97.1 cm³/mol. The smallest absolute Gasteiger partial charge is 0.160 e. The van der Waals surface area contributed by atoms with Gasteiger partial charge >= 0.3 is 0 Å². The fourth-order valence-corrected chi connectivity index (χ4v) is 4.55. The summed E-state index contributed by atoms with van der Waals surface area (Å²) in [6.45, 7) is 1.44. The highest BCUT2D eigenvalue weighted by Gasteiger charge is 2.37. The van der Waals surface area contributed by atoms with E-state index in [1.165, 1.54) is 12.1 Å². The third kappa shape index (κ3) is 2.54. The van der Waals surface area contributed by atoms with E-state index in [1.54, 1.807) is 24.7 Å². The minimum atomic E-state index is -0.834. The van der Waals surface area contributed by atoms with Crippen molar-refractivity contribution in [2.24, 2.45) is 5.92 Å². The second kappa shape index (κ2) is 6.15. The molecule has 138 valence electrons. The molecule has 1 atom stereocenters. The first kappa shape index (κ1) is 16.4. The average Bonchev–Trinajstić information content (AvgIpc) is 3.26. The summed E-state index contributed by atoms with van der Waals surface area (Å²) in [7, 11) is 0. The summed E-state index contributed by atoms with van der Waals surface area (Å²) in [4.78, 5) is 6.31. The number of halogens is 3. The number of fused-ring (bicyclic) bond motifs is 3. The average molecular weight is 369 g/mol. The van der Waals surface area contributed by atoms with E-state index in [1.807, 2.05) is 6.07 Å². The van der Waals surface area contributed by atoms with Crippen LogP contribution in [0.3, 0.4) is 0 Å². The van der Waals surface area contributed by atoms with Crippen molar-refractivity contribution in [1.82, 2.24) is 9.55 Å². The van der Waals surface area contributed by atoms with E-state index in [0.29, 0.717) is 5.69 Å². The summed E-state index contributed by atoms with van der Waals surface area (Å²) >= 11 is 0. The van der Waals surface area contributed by atoms with Crippen molar-refractivity contribution in [2.75, 3.05) is 18.0 Å². The molecule has 1 fully saturated rings. The van der Waals surface area contributed by atoms with Gasteiger partial charge in [0.05, 0.1) is 24.3 Å². The maximum atomic E-state index is 14.6. The van der Waals surface area contributed by atoms with Gasteiger partial charge in [-0.1, -0.05) is 12.1 Å². The van der Waals surface area contributed by atoms with E-state index in [0.717, 1.165) is 48.8 Å². The molecule has 0 spiro atoms. The zero-order valence-corrected chi connectivity index (χ0v) is 14.6. The minimum absolute atomic E-state index is 0.0641. The molecule has 2 aliphatic heterocycles. The number of piperidine rings is 1. The molecule has 3 nitrogen and oxygen atoms in total. The zero-order valence-electron chi connectivity index (χ0n) is 14.6. The monoisotopic (exact) mass is 369 g/mol. The van der Waals surface area contributed by atoms with Gasteiger partial charge in [-0.15, -0.1) is 0 Å². The number of hydrogen-bond donors (Lipinski definition) is 0. The Morgan fingerprint density at radius 1 is 0.926 bits per heavy atom. The van der Waals surface area contributed by atoms with Crippen LogP contribution in [0.4, 0.5) is 18.9 Å². The number of imidazole rings is 1. The van der Waals surface area contributed by atoms with Crippen LogP contribution in [-0.4, -0.2) is 22.6 Å². The molecule has 0 radical (unpaired) electrons. The van der Waals surface area contributed by atoms with Crippen molar-refractivity contribution in [3.63, 3.8) is 0 Å². The van der Waals surface area contributed by atoms with E-state index in [-0.39, 0.29) is 17.8 Å². The Morgan fingerprint density at radius 2 is 1.74 bits per heavy atom. The number of benzene rings is 2. The number of anilines is 1. The van der Waals surface area contributed by atoms with Gasteiger partial charge in [0.2, 0.25) is 0 Å². The van der Waals surface area contributed by atoms with Crippen molar-refractivity contribution >= 4 is 5.69 Å². The predicted octanol–water partition coefficient (Wildman–Crippen LogP) is 4.79. The SMILES string of the molecule is Fc1ccc(N2CCC(C3c4c(F)cccc4-c4cncn43)CC2)cc1F. The lowest BCUT2D eigenvalue weighted by Gasteiger charge is -2.37. The van der Waals surface area contributed by atoms with Crippen LogP contribution < -0.4 is 4.90 Å². The first-order chi connectivity index (χ1) is 13.1. The maximum Gasteiger partial charge on any atom is 0.160 e. The lowest BCUT2D eigenvalue weighted by atomic mass is 9.85. The Labute approximate surface area is 155 Å². The highest BCUT2D eigenvalue weighted by atomic mass is 19.2. The third-order valence-corrected chi connectivity index (χ3v) is 5.84. The van der Waals surface area contributed by atoms with E-state index in [2.05, 4.69) is 14.5 Å². The Morgan fingerprint density at radius 3 is 2.52 bits per heavy atom. The highest BCUT2D eigenvalue weighted by Crippen LogP contribution is 2.46. The van der Waals surface area contributed by atoms with Crippen LogP contribution in [0.25, 0.3) is 11.3 Å². The van der Waals surface area contributed by atoms with Gasteiger partial charge in [0.15, 0.2) is 11.6 Å². The summed E-state index contributed by atoms with van der Waals surface area (Å²) in [5.74, 6) is -1.58. The maximum absolute atomic E-state index is 14.6. The minimum Gasteiger partial charge on any atom is -0.371 e. The summed E-state index contributed by atoms with van der Waals surface area (Å²) < 4.78 is 43.4.